The second-order valence-corrected chi connectivity index (χ2v) is 4.53. The zero-order chi connectivity index (χ0) is 13.9. The normalized spacial score (nSPS) is 10.7. The van der Waals surface area contributed by atoms with Crippen LogP contribution in [0.15, 0.2) is 48.7 Å². The first-order chi connectivity index (χ1) is 9.81. The van der Waals surface area contributed by atoms with E-state index >= 15 is 0 Å². The number of benzene rings is 1. The summed E-state index contributed by atoms with van der Waals surface area (Å²) in [6, 6.07) is 13.9. The molecule has 0 saturated carbocycles. The molecule has 0 bridgehead atoms. The highest BCUT2D eigenvalue weighted by molar-refractivity contribution is 5.49. The lowest BCUT2D eigenvalue weighted by atomic mass is 10.1. The molecule has 0 aliphatic heterocycles. The van der Waals surface area contributed by atoms with Crippen molar-refractivity contribution < 1.29 is 9.47 Å². The molecule has 4 nitrogen and oxygen atoms in total. The fourth-order valence-electron chi connectivity index (χ4n) is 2.29. The molecule has 0 unspecified atom stereocenters. The molecule has 0 saturated heterocycles. The Labute approximate surface area is 117 Å². The minimum Gasteiger partial charge on any atom is -0.497 e. The summed E-state index contributed by atoms with van der Waals surface area (Å²) in [6.07, 6.45) is 2.61. The summed E-state index contributed by atoms with van der Waals surface area (Å²) < 4.78 is 12.6. The van der Waals surface area contributed by atoms with Crippen LogP contribution in [0.3, 0.4) is 0 Å². The second kappa shape index (κ2) is 5.25. The fourth-order valence-corrected chi connectivity index (χ4v) is 2.29. The molecule has 4 heteroatoms. The van der Waals surface area contributed by atoms with Crippen molar-refractivity contribution in [1.82, 2.24) is 9.38 Å². The van der Waals surface area contributed by atoms with Gasteiger partial charge < -0.3 is 9.47 Å². The van der Waals surface area contributed by atoms with Crippen LogP contribution in [0.25, 0.3) is 5.52 Å². The fraction of sp³-hybridized carbons (Fsp3) is 0.188. The molecule has 102 valence electrons. The van der Waals surface area contributed by atoms with Crippen LogP contribution in [0.5, 0.6) is 11.6 Å². The molecule has 2 aromatic heterocycles. The molecule has 0 aliphatic rings. The van der Waals surface area contributed by atoms with Crippen LogP contribution >= 0.6 is 0 Å². The van der Waals surface area contributed by atoms with Crippen molar-refractivity contribution in [2.75, 3.05) is 14.2 Å². The van der Waals surface area contributed by atoms with Crippen LogP contribution in [-0.4, -0.2) is 23.6 Å². The zero-order valence-electron chi connectivity index (χ0n) is 11.5. The van der Waals surface area contributed by atoms with Crippen molar-refractivity contribution in [2.45, 2.75) is 6.42 Å². The SMILES string of the molecule is COc1ccc(Cc2ncc3cccc(OC)n23)cc1. The van der Waals surface area contributed by atoms with Gasteiger partial charge in [0, 0.05) is 6.42 Å². The molecule has 0 atom stereocenters. The summed E-state index contributed by atoms with van der Waals surface area (Å²) in [4.78, 5) is 4.49. The first-order valence-corrected chi connectivity index (χ1v) is 6.44. The number of nitrogens with zero attached hydrogens (tertiary/aromatic N) is 2. The highest BCUT2D eigenvalue weighted by Crippen LogP contribution is 2.20. The topological polar surface area (TPSA) is 35.8 Å². The first kappa shape index (κ1) is 12.5. The van der Waals surface area contributed by atoms with E-state index in [1.807, 2.05) is 40.9 Å². The third-order valence-electron chi connectivity index (χ3n) is 3.32. The predicted molar refractivity (Wildman–Crippen MR) is 77.5 cm³/mol. The van der Waals surface area contributed by atoms with Crippen molar-refractivity contribution >= 4 is 5.52 Å². The number of aromatic nitrogens is 2. The largest absolute Gasteiger partial charge is 0.497 e. The van der Waals surface area contributed by atoms with E-state index < -0.39 is 0 Å². The molecular formula is C16H16N2O2. The minimum absolute atomic E-state index is 0.749. The third-order valence-corrected chi connectivity index (χ3v) is 3.32. The molecule has 2 heterocycles. The van der Waals surface area contributed by atoms with Gasteiger partial charge in [-0.1, -0.05) is 18.2 Å². The minimum atomic E-state index is 0.749. The third kappa shape index (κ3) is 2.20. The summed E-state index contributed by atoms with van der Waals surface area (Å²) >= 11 is 0. The Morgan fingerprint density at radius 1 is 1.00 bits per heavy atom. The van der Waals surface area contributed by atoms with E-state index in [1.54, 1.807) is 14.2 Å². The number of pyridine rings is 1. The summed E-state index contributed by atoms with van der Waals surface area (Å²) in [5.41, 5.74) is 2.22. The smallest absolute Gasteiger partial charge is 0.199 e. The molecule has 1 aromatic carbocycles. The Bertz CT molecular complexity index is 717. The number of hydrogen-bond acceptors (Lipinski definition) is 3. The van der Waals surface area contributed by atoms with Gasteiger partial charge in [0.1, 0.15) is 11.6 Å². The monoisotopic (exact) mass is 268 g/mol. The predicted octanol–water partition coefficient (Wildman–Crippen LogP) is 2.94. The first-order valence-electron chi connectivity index (χ1n) is 6.44. The van der Waals surface area contributed by atoms with E-state index in [-0.39, 0.29) is 0 Å². The Balaban J connectivity index is 1.97. The average molecular weight is 268 g/mol. The molecule has 20 heavy (non-hydrogen) atoms. The van der Waals surface area contributed by atoms with Crippen LogP contribution in [0.1, 0.15) is 11.4 Å². The molecule has 3 aromatic rings. The summed E-state index contributed by atoms with van der Waals surface area (Å²) in [5, 5.41) is 0. The van der Waals surface area contributed by atoms with Gasteiger partial charge >= 0.3 is 0 Å². The molecule has 0 aliphatic carbocycles. The van der Waals surface area contributed by atoms with Gasteiger partial charge in [-0.2, -0.15) is 0 Å². The van der Waals surface area contributed by atoms with Gasteiger partial charge in [0.25, 0.3) is 0 Å². The quantitative estimate of drug-likeness (QED) is 0.730. The van der Waals surface area contributed by atoms with Crippen LogP contribution in [-0.2, 0) is 6.42 Å². The summed E-state index contributed by atoms with van der Waals surface area (Å²) in [6.45, 7) is 0. The van der Waals surface area contributed by atoms with E-state index in [0.29, 0.717) is 0 Å². The summed E-state index contributed by atoms with van der Waals surface area (Å²) in [7, 11) is 3.34. The van der Waals surface area contributed by atoms with Gasteiger partial charge in [-0.15, -0.1) is 0 Å². The van der Waals surface area contributed by atoms with E-state index in [2.05, 4.69) is 17.1 Å². The van der Waals surface area contributed by atoms with Crippen LogP contribution in [0, 0.1) is 0 Å². The van der Waals surface area contributed by atoms with Crippen molar-refractivity contribution in [3.8, 4) is 11.6 Å². The molecule has 0 radical (unpaired) electrons. The zero-order valence-corrected chi connectivity index (χ0v) is 11.5. The molecule has 0 amide bonds. The number of rotatable bonds is 4. The summed E-state index contributed by atoms with van der Waals surface area (Å²) in [5.74, 6) is 2.62. The van der Waals surface area contributed by atoms with Crippen molar-refractivity contribution in [1.29, 1.82) is 0 Å². The lowest BCUT2D eigenvalue weighted by Crippen LogP contribution is -2.00. The number of fused-ring (bicyclic) bond motifs is 1. The van der Waals surface area contributed by atoms with Crippen LogP contribution < -0.4 is 9.47 Å². The van der Waals surface area contributed by atoms with Crippen molar-refractivity contribution in [3.63, 3.8) is 0 Å². The number of imidazole rings is 1. The Morgan fingerprint density at radius 3 is 2.50 bits per heavy atom. The van der Waals surface area contributed by atoms with Crippen molar-refractivity contribution in [2.24, 2.45) is 0 Å². The van der Waals surface area contributed by atoms with E-state index in [0.717, 1.165) is 29.4 Å². The van der Waals surface area contributed by atoms with Gasteiger partial charge in [0.05, 0.1) is 25.9 Å². The van der Waals surface area contributed by atoms with E-state index in [9.17, 15) is 0 Å². The van der Waals surface area contributed by atoms with Gasteiger partial charge in [-0.25, -0.2) is 4.98 Å². The molecular weight excluding hydrogens is 252 g/mol. The Morgan fingerprint density at radius 2 is 1.80 bits per heavy atom. The average Bonchev–Trinajstić information content (AvgIpc) is 2.91. The van der Waals surface area contributed by atoms with E-state index in [1.165, 1.54) is 5.56 Å². The van der Waals surface area contributed by atoms with Crippen LogP contribution in [0.4, 0.5) is 0 Å². The molecule has 3 rings (SSSR count). The van der Waals surface area contributed by atoms with Crippen LogP contribution in [0.2, 0.25) is 0 Å². The van der Waals surface area contributed by atoms with Crippen molar-refractivity contribution in [3.05, 3.63) is 60.0 Å². The van der Waals surface area contributed by atoms with Gasteiger partial charge in [0.2, 0.25) is 0 Å². The maximum atomic E-state index is 5.40. The Hall–Kier alpha value is -2.49. The van der Waals surface area contributed by atoms with Gasteiger partial charge in [-0.05, 0) is 29.8 Å². The standard InChI is InChI=1S/C16H16N2O2/c1-19-14-8-6-12(7-9-14)10-15-17-11-13-4-3-5-16(20-2)18(13)15/h3-9,11H,10H2,1-2H3. The number of hydrogen-bond donors (Lipinski definition) is 0. The second-order valence-electron chi connectivity index (χ2n) is 4.53. The van der Waals surface area contributed by atoms with Gasteiger partial charge in [-0.3, -0.25) is 4.40 Å². The maximum Gasteiger partial charge on any atom is 0.199 e. The molecule has 0 fully saturated rings. The lowest BCUT2D eigenvalue weighted by Gasteiger charge is -2.07. The van der Waals surface area contributed by atoms with Gasteiger partial charge in [0.15, 0.2) is 5.88 Å². The molecule has 0 N–H and O–H groups in total. The molecule has 0 spiro atoms. The maximum absolute atomic E-state index is 5.40. The Kier molecular flexibility index (Phi) is 3.29. The lowest BCUT2D eigenvalue weighted by molar-refractivity contribution is 0.390. The number of ether oxygens (including phenoxy) is 2. The number of methoxy groups -OCH3 is 2. The highest BCUT2D eigenvalue weighted by Gasteiger charge is 2.08. The highest BCUT2D eigenvalue weighted by atomic mass is 16.5. The van der Waals surface area contributed by atoms with E-state index in [4.69, 9.17) is 9.47 Å².